The minimum atomic E-state index is -0.0152. The van der Waals surface area contributed by atoms with E-state index in [0.29, 0.717) is 31.7 Å². The number of nitrogen functional groups attached to an aromatic ring is 1. The van der Waals surface area contributed by atoms with Crippen LogP contribution in [0, 0.1) is 0 Å². The molecule has 6 heteroatoms. The number of pyridine rings is 1. The number of anilines is 2. The number of nitrogens with two attached hydrogens (primary N) is 1. The summed E-state index contributed by atoms with van der Waals surface area (Å²) >= 11 is 0. The number of nitrogens with one attached hydrogen (secondary N) is 1. The second-order valence-electron chi connectivity index (χ2n) is 7.04. The molecule has 2 aliphatic heterocycles. The minimum Gasteiger partial charge on any atom is -0.399 e. The van der Waals surface area contributed by atoms with Gasteiger partial charge in [0.15, 0.2) is 0 Å². The molecular weight excluding hydrogens is 352 g/mol. The van der Waals surface area contributed by atoms with E-state index in [1.54, 1.807) is 18.3 Å². The molecule has 4 rings (SSSR count). The van der Waals surface area contributed by atoms with Crippen molar-refractivity contribution in [1.82, 2.24) is 9.88 Å². The summed E-state index contributed by atoms with van der Waals surface area (Å²) in [6.07, 6.45) is 9.11. The number of benzene rings is 1. The fraction of sp³-hybridized carbons (Fsp3) is 0.227. The van der Waals surface area contributed by atoms with Crippen LogP contribution in [0.15, 0.2) is 48.7 Å². The number of rotatable bonds is 3. The van der Waals surface area contributed by atoms with Crippen LogP contribution in [0.5, 0.6) is 0 Å². The summed E-state index contributed by atoms with van der Waals surface area (Å²) in [6, 6.07) is 9.80. The van der Waals surface area contributed by atoms with Crippen LogP contribution in [0.25, 0.3) is 11.6 Å². The minimum absolute atomic E-state index is 0.00466. The normalized spacial score (nSPS) is 16.5. The van der Waals surface area contributed by atoms with Crippen LogP contribution in [0.1, 0.15) is 29.5 Å². The third-order valence-corrected chi connectivity index (χ3v) is 5.09. The Morgan fingerprint density at radius 1 is 1.18 bits per heavy atom. The topological polar surface area (TPSA) is 88.3 Å². The van der Waals surface area contributed by atoms with Gasteiger partial charge in [0, 0.05) is 37.5 Å². The SMILES string of the molecule is Nc1ccc(C2=CCN(C(=O)/C=C/c3cnc4c(c3)CCC(=O)N4)CC2)cc1. The maximum absolute atomic E-state index is 12.5. The van der Waals surface area contributed by atoms with Crippen molar-refractivity contribution in [3.8, 4) is 0 Å². The number of hydrogen-bond acceptors (Lipinski definition) is 4. The molecule has 2 amide bonds. The molecule has 0 spiro atoms. The zero-order valence-electron chi connectivity index (χ0n) is 15.5. The summed E-state index contributed by atoms with van der Waals surface area (Å²) in [6.45, 7) is 1.28. The molecule has 0 saturated carbocycles. The molecule has 142 valence electrons. The Bertz CT molecular complexity index is 977. The average molecular weight is 374 g/mol. The van der Waals surface area contributed by atoms with Crippen LogP contribution < -0.4 is 11.1 Å². The van der Waals surface area contributed by atoms with Gasteiger partial charge in [0.25, 0.3) is 0 Å². The lowest BCUT2D eigenvalue weighted by Crippen LogP contribution is -2.33. The van der Waals surface area contributed by atoms with Crippen molar-refractivity contribution < 1.29 is 9.59 Å². The van der Waals surface area contributed by atoms with Gasteiger partial charge in [-0.2, -0.15) is 0 Å². The van der Waals surface area contributed by atoms with Gasteiger partial charge in [-0.1, -0.05) is 18.2 Å². The Morgan fingerprint density at radius 2 is 2.00 bits per heavy atom. The van der Waals surface area contributed by atoms with E-state index < -0.39 is 0 Å². The van der Waals surface area contributed by atoms with E-state index in [0.717, 1.165) is 28.8 Å². The highest BCUT2D eigenvalue weighted by molar-refractivity contribution is 5.94. The molecule has 0 atom stereocenters. The standard InChI is InChI=1S/C22H22N4O2/c23-19-5-2-16(3-6-19)17-9-11-26(12-10-17)21(28)8-1-15-13-18-4-7-20(27)25-22(18)24-14-15/h1-3,5-6,8-9,13-14H,4,7,10-12,23H2,(H,24,25,27)/b8-1+. The first-order valence-electron chi connectivity index (χ1n) is 9.39. The van der Waals surface area contributed by atoms with Crippen LogP contribution in [-0.4, -0.2) is 34.8 Å². The summed E-state index contributed by atoms with van der Waals surface area (Å²) in [5.74, 6) is 0.602. The number of nitrogens with zero attached hydrogens (tertiary/aromatic N) is 2. The van der Waals surface area contributed by atoms with E-state index in [9.17, 15) is 9.59 Å². The zero-order valence-corrected chi connectivity index (χ0v) is 15.5. The number of fused-ring (bicyclic) bond motifs is 1. The third kappa shape index (κ3) is 3.96. The van der Waals surface area contributed by atoms with Gasteiger partial charge in [0.2, 0.25) is 11.8 Å². The van der Waals surface area contributed by atoms with E-state index in [4.69, 9.17) is 5.73 Å². The Labute approximate surface area is 163 Å². The summed E-state index contributed by atoms with van der Waals surface area (Å²) in [5.41, 5.74) is 10.8. The van der Waals surface area contributed by atoms with Crippen molar-refractivity contribution in [2.24, 2.45) is 0 Å². The molecule has 0 aliphatic carbocycles. The van der Waals surface area contributed by atoms with E-state index in [1.807, 2.05) is 35.2 Å². The highest BCUT2D eigenvalue weighted by Crippen LogP contribution is 2.24. The largest absolute Gasteiger partial charge is 0.399 e. The van der Waals surface area contributed by atoms with Gasteiger partial charge >= 0.3 is 0 Å². The third-order valence-electron chi connectivity index (χ3n) is 5.09. The smallest absolute Gasteiger partial charge is 0.246 e. The number of hydrogen-bond donors (Lipinski definition) is 2. The van der Waals surface area contributed by atoms with Gasteiger partial charge in [-0.15, -0.1) is 0 Å². The lowest BCUT2D eigenvalue weighted by molar-refractivity contribution is -0.125. The predicted molar refractivity (Wildman–Crippen MR) is 110 cm³/mol. The van der Waals surface area contributed by atoms with Crippen molar-refractivity contribution in [2.75, 3.05) is 24.1 Å². The van der Waals surface area contributed by atoms with E-state index in [2.05, 4.69) is 16.4 Å². The maximum Gasteiger partial charge on any atom is 0.246 e. The quantitative estimate of drug-likeness (QED) is 0.639. The van der Waals surface area contributed by atoms with Crippen LogP contribution in [-0.2, 0) is 16.0 Å². The Hall–Kier alpha value is -3.41. The highest BCUT2D eigenvalue weighted by atomic mass is 16.2. The molecule has 28 heavy (non-hydrogen) atoms. The predicted octanol–water partition coefficient (Wildman–Crippen LogP) is 2.88. The molecular formula is C22H22N4O2. The van der Waals surface area contributed by atoms with Crippen LogP contribution in [0.2, 0.25) is 0 Å². The molecule has 6 nitrogen and oxygen atoms in total. The molecule has 0 saturated heterocycles. The van der Waals surface area contributed by atoms with Gasteiger partial charge in [0.05, 0.1) is 0 Å². The van der Waals surface area contributed by atoms with Gasteiger partial charge in [-0.25, -0.2) is 4.98 Å². The fourth-order valence-corrected chi connectivity index (χ4v) is 3.47. The Balaban J connectivity index is 1.39. The number of amides is 2. The van der Waals surface area contributed by atoms with Crippen molar-refractivity contribution in [2.45, 2.75) is 19.3 Å². The summed E-state index contributed by atoms with van der Waals surface area (Å²) in [4.78, 5) is 30.0. The van der Waals surface area contributed by atoms with Gasteiger partial charge in [-0.3, -0.25) is 9.59 Å². The summed E-state index contributed by atoms with van der Waals surface area (Å²) < 4.78 is 0. The average Bonchev–Trinajstić information content (AvgIpc) is 2.72. The number of carbonyl (C=O) groups excluding carboxylic acids is 2. The molecule has 1 aromatic carbocycles. The monoisotopic (exact) mass is 374 g/mol. The molecule has 0 fully saturated rings. The van der Waals surface area contributed by atoms with E-state index in [1.165, 1.54) is 5.57 Å². The Morgan fingerprint density at radius 3 is 2.75 bits per heavy atom. The second kappa shape index (κ2) is 7.68. The maximum atomic E-state index is 12.5. The molecule has 3 N–H and O–H groups in total. The first kappa shape index (κ1) is 18.0. The molecule has 1 aromatic heterocycles. The number of carbonyl (C=O) groups is 2. The lowest BCUT2D eigenvalue weighted by atomic mass is 9.99. The molecule has 3 heterocycles. The zero-order chi connectivity index (χ0) is 19.5. The van der Waals surface area contributed by atoms with Crippen LogP contribution in [0.3, 0.4) is 0 Å². The number of aromatic nitrogens is 1. The van der Waals surface area contributed by atoms with Crippen molar-refractivity contribution >= 4 is 35.0 Å². The van der Waals surface area contributed by atoms with Crippen LogP contribution in [0.4, 0.5) is 11.5 Å². The van der Waals surface area contributed by atoms with Crippen molar-refractivity contribution in [3.63, 3.8) is 0 Å². The Kier molecular flexibility index (Phi) is 4.93. The van der Waals surface area contributed by atoms with Crippen molar-refractivity contribution in [3.05, 3.63) is 65.4 Å². The van der Waals surface area contributed by atoms with E-state index in [-0.39, 0.29) is 11.8 Å². The first-order chi connectivity index (χ1) is 13.6. The first-order valence-corrected chi connectivity index (χ1v) is 9.39. The molecule has 2 aromatic rings. The summed E-state index contributed by atoms with van der Waals surface area (Å²) in [5, 5.41) is 2.76. The fourth-order valence-electron chi connectivity index (χ4n) is 3.47. The molecule has 0 bridgehead atoms. The van der Waals surface area contributed by atoms with Gasteiger partial charge in [-0.05, 0) is 59.4 Å². The number of aryl methyl sites for hydroxylation is 1. The summed E-state index contributed by atoms with van der Waals surface area (Å²) in [7, 11) is 0. The molecule has 0 unspecified atom stereocenters. The molecule has 2 aliphatic rings. The van der Waals surface area contributed by atoms with Crippen LogP contribution >= 0.6 is 0 Å². The van der Waals surface area contributed by atoms with Gasteiger partial charge in [0.1, 0.15) is 5.82 Å². The van der Waals surface area contributed by atoms with Crippen molar-refractivity contribution in [1.29, 1.82) is 0 Å². The highest BCUT2D eigenvalue weighted by Gasteiger charge is 2.17. The molecule has 0 radical (unpaired) electrons. The lowest BCUT2D eigenvalue weighted by Gasteiger charge is -2.25. The second-order valence-corrected chi connectivity index (χ2v) is 7.04. The van der Waals surface area contributed by atoms with Gasteiger partial charge < -0.3 is 16.0 Å². The van der Waals surface area contributed by atoms with E-state index >= 15 is 0 Å².